The Labute approximate surface area is 188 Å². The Morgan fingerprint density at radius 3 is 2.00 bits per heavy atom. The molecule has 0 radical (unpaired) electrons. The molecule has 3 aromatic carbocycles. The number of carbonyl (C=O) groups is 2. The lowest BCUT2D eigenvalue weighted by Crippen LogP contribution is -2.41. The normalized spacial score (nSPS) is 20.2. The zero-order chi connectivity index (χ0) is 22.0. The zero-order valence-corrected chi connectivity index (χ0v) is 17.9. The van der Waals surface area contributed by atoms with Crippen LogP contribution in [0.25, 0.3) is 0 Å². The van der Waals surface area contributed by atoms with Crippen LogP contribution in [0.1, 0.15) is 29.0 Å². The van der Waals surface area contributed by atoms with E-state index >= 15 is 0 Å². The summed E-state index contributed by atoms with van der Waals surface area (Å²) in [5.41, 5.74) is 2.39. The summed E-state index contributed by atoms with van der Waals surface area (Å²) >= 11 is 0. The highest BCUT2D eigenvalue weighted by Gasteiger charge is 2.51. The Hall–Kier alpha value is -3.60. The van der Waals surface area contributed by atoms with Crippen LogP contribution in [0.4, 0.5) is 4.79 Å². The Bertz CT molecular complexity index is 1050. The van der Waals surface area contributed by atoms with E-state index in [9.17, 15) is 9.59 Å². The monoisotopic (exact) mass is 426 g/mol. The Kier molecular flexibility index (Phi) is 5.39. The van der Waals surface area contributed by atoms with Gasteiger partial charge in [-0.05, 0) is 16.7 Å². The molecule has 2 amide bonds. The molecule has 5 nitrogen and oxygen atoms in total. The third kappa shape index (κ3) is 3.98. The fraction of sp³-hybridized carbons (Fsp3) is 0.259. The largest absolute Gasteiger partial charge is 0.439 e. The number of likely N-dealkylation sites (tertiary alicyclic amines) is 1. The number of nitrogens with zero attached hydrogens (tertiary/aromatic N) is 2. The lowest BCUT2D eigenvalue weighted by molar-refractivity contribution is -0.131. The predicted octanol–water partition coefficient (Wildman–Crippen LogP) is 4.44. The van der Waals surface area contributed by atoms with E-state index < -0.39 is 5.60 Å². The number of hydrogen-bond acceptors (Lipinski definition) is 3. The van der Waals surface area contributed by atoms with E-state index in [1.165, 1.54) is 0 Å². The number of rotatable bonds is 5. The maximum atomic E-state index is 13.7. The summed E-state index contributed by atoms with van der Waals surface area (Å²) in [6, 6.07) is 29.7. The summed E-state index contributed by atoms with van der Waals surface area (Å²) in [6.45, 7) is 2.04. The van der Waals surface area contributed by atoms with Crippen LogP contribution in [0.2, 0.25) is 0 Å². The van der Waals surface area contributed by atoms with Gasteiger partial charge in [0.05, 0.1) is 19.0 Å². The number of benzene rings is 3. The van der Waals surface area contributed by atoms with E-state index in [4.69, 9.17) is 4.74 Å². The van der Waals surface area contributed by atoms with Crippen molar-refractivity contribution >= 4 is 12.0 Å². The standard InChI is InChI=1S/C27H26N2O3/c30-25(24(22-12-6-2-7-13-22)23-14-8-3-9-15-23)28-17-16-27(19-28)20-29(26(31)32-27)18-21-10-4-1-5-11-21/h1-15,24H,16-20H2/t27-/m0/s1. The summed E-state index contributed by atoms with van der Waals surface area (Å²) in [5, 5.41) is 0. The Morgan fingerprint density at radius 2 is 1.41 bits per heavy atom. The summed E-state index contributed by atoms with van der Waals surface area (Å²) in [4.78, 5) is 29.9. The average molecular weight is 427 g/mol. The van der Waals surface area contributed by atoms with Crippen molar-refractivity contribution in [2.45, 2.75) is 24.5 Å². The molecular weight excluding hydrogens is 400 g/mol. The summed E-state index contributed by atoms with van der Waals surface area (Å²) in [5.74, 6) is -0.318. The fourth-order valence-electron chi connectivity index (χ4n) is 4.81. The molecule has 5 rings (SSSR count). The van der Waals surface area contributed by atoms with Gasteiger partial charge in [0.2, 0.25) is 5.91 Å². The Morgan fingerprint density at radius 1 is 0.844 bits per heavy atom. The summed E-state index contributed by atoms with van der Waals surface area (Å²) in [7, 11) is 0. The van der Waals surface area contributed by atoms with Crippen LogP contribution in [-0.2, 0) is 16.1 Å². The summed E-state index contributed by atoms with van der Waals surface area (Å²) < 4.78 is 5.86. The maximum absolute atomic E-state index is 13.7. The highest BCUT2D eigenvalue weighted by Crippen LogP contribution is 2.36. The van der Waals surface area contributed by atoms with Gasteiger partial charge in [0.1, 0.15) is 0 Å². The van der Waals surface area contributed by atoms with Crippen molar-refractivity contribution in [2.24, 2.45) is 0 Å². The molecule has 1 atom stereocenters. The summed E-state index contributed by atoms with van der Waals surface area (Å²) in [6.07, 6.45) is 0.359. The molecule has 32 heavy (non-hydrogen) atoms. The predicted molar refractivity (Wildman–Crippen MR) is 122 cm³/mol. The van der Waals surface area contributed by atoms with Crippen molar-refractivity contribution < 1.29 is 14.3 Å². The molecule has 0 unspecified atom stereocenters. The quantitative estimate of drug-likeness (QED) is 0.606. The molecule has 1 spiro atoms. The maximum Gasteiger partial charge on any atom is 0.410 e. The minimum absolute atomic E-state index is 0.0526. The zero-order valence-electron chi connectivity index (χ0n) is 17.9. The molecule has 0 saturated carbocycles. The van der Waals surface area contributed by atoms with E-state index in [2.05, 4.69) is 0 Å². The lowest BCUT2D eigenvalue weighted by Gasteiger charge is -2.26. The third-order valence-electron chi connectivity index (χ3n) is 6.40. The van der Waals surface area contributed by atoms with Crippen molar-refractivity contribution in [1.82, 2.24) is 9.80 Å². The molecule has 0 aromatic heterocycles. The minimum atomic E-state index is -0.626. The van der Waals surface area contributed by atoms with Crippen LogP contribution >= 0.6 is 0 Å². The third-order valence-corrected chi connectivity index (χ3v) is 6.40. The van der Waals surface area contributed by atoms with Crippen LogP contribution in [-0.4, -0.2) is 47.0 Å². The first-order chi connectivity index (χ1) is 15.6. The van der Waals surface area contributed by atoms with Crippen molar-refractivity contribution in [2.75, 3.05) is 19.6 Å². The van der Waals surface area contributed by atoms with Gasteiger partial charge >= 0.3 is 6.09 Å². The van der Waals surface area contributed by atoms with Gasteiger partial charge in [-0.3, -0.25) is 9.69 Å². The fourth-order valence-corrected chi connectivity index (χ4v) is 4.81. The molecule has 162 valence electrons. The second kappa shape index (κ2) is 8.50. The van der Waals surface area contributed by atoms with Crippen molar-refractivity contribution in [3.63, 3.8) is 0 Å². The molecule has 0 N–H and O–H groups in total. The van der Waals surface area contributed by atoms with Crippen molar-refractivity contribution in [3.05, 3.63) is 108 Å². The topological polar surface area (TPSA) is 49.9 Å². The van der Waals surface area contributed by atoms with Gasteiger partial charge in [0, 0.05) is 19.5 Å². The van der Waals surface area contributed by atoms with Gasteiger partial charge < -0.3 is 9.64 Å². The van der Waals surface area contributed by atoms with Gasteiger partial charge in [0.15, 0.2) is 5.60 Å². The molecular formula is C27H26N2O3. The van der Waals surface area contributed by atoms with Crippen LogP contribution in [0.15, 0.2) is 91.0 Å². The van der Waals surface area contributed by atoms with Crippen molar-refractivity contribution in [1.29, 1.82) is 0 Å². The number of hydrogen-bond donors (Lipinski definition) is 0. The number of ether oxygens (including phenoxy) is 1. The molecule has 2 saturated heterocycles. The van der Waals surface area contributed by atoms with E-state index in [0.29, 0.717) is 32.6 Å². The van der Waals surface area contributed by atoms with Crippen LogP contribution < -0.4 is 0 Å². The molecule has 0 aliphatic carbocycles. The van der Waals surface area contributed by atoms with E-state index in [-0.39, 0.29) is 17.9 Å². The van der Waals surface area contributed by atoms with E-state index in [1.807, 2.05) is 95.9 Å². The van der Waals surface area contributed by atoms with Gasteiger partial charge in [-0.15, -0.1) is 0 Å². The van der Waals surface area contributed by atoms with Crippen molar-refractivity contribution in [3.8, 4) is 0 Å². The molecule has 2 heterocycles. The van der Waals surface area contributed by atoms with Crippen LogP contribution in [0.5, 0.6) is 0 Å². The molecule has 2 aliphatic heterocycles. The molecule has 2 fully saturated rings. The van der Waals surface area contributed by atoms with Gasteiger partial charge in [-0.2, -0.15) is 0 Å². The van der Waals surface area contributed by atoms with E-state index in [1.54, 1.807) is 4.90 Å². The molecule has 2 aliphatic rings. The highest BCUT2D eigenvalue weighted by molar-refractivity contribution is 5.87. The minimum Gasteiger partial charge on any atom is -0.439 e. The smallest absolute Gasteiger partial charge is 0.410 e. The van der Waals surface area contributed by atoms with Gasteiger partial charge in [-0.1, -0.05) is 91.0 Å². The van der Waals surface area contributed by atoms with Gasteiger partial charge in [-0.25, -0.2) is 4.79 Å². The van der Waals surface area contributed by atoms with Crippen LogP contribution in [0, 0.1) is 0 Å². The van der Waals surface area contributed by atoms with Gasteiger partial charge in [0.25, 0.3) is 0 Å². The lowest BCUT2D eigenvalue weighted by atomic mass is 9.90. The first kappa shape index (κ1) is 20.3. The second-order valence-electron chi connectivity index (χ2n) is 8.66. The van der Waals surface area contributed by atoms with Crippen LogP contribution in [0.3, 0.4) is 0 Å². The first-order valence-electron chi connectivity index (χ1n) is 11.0. The highest BCUT2D eigenvalue weighted by atomic mass is 16.6. The number of amides is 2. The molecule has 0 bridgehead atoms. The molecule has 5 heteroatoms. The SMILES string of the molecule is O=C1O[C@]2(CCN(C(=O)C(c3ccccc3)c3ccccc3)C2)CN1Cc1ccccc1. The average Bonchev–Trinajstić information content (AvgIpc) is 3.38. The molecule has 3 aromatic rings. The number of carbonyl (C=O) groups excluding carboxylic acids is 2. The van der Waals surface area contributed by atoms with E-state index in [0.717, 1.165) is 16.7 Å². The first-order valence-corrected chi connectivity index (χ1v) is 11.0. The second-order valence-corrected chi connectivity index (χ2v) is 8.66. The Balaban J connectivity index is 1.34.